The summed E-state index contributed by atoms with van der Waals surface area (Å²) in [5.74, 6) is 1.24. The van der Waals surface area contributed by atoms with Crippen LogP contribution in [-0.2, 0) is 6.61 Å². The second-order valence-corrected chi connectivity index (χ2v) is 10.9. The van der Waals surface area contributed by atoms with Gasteiger partial charge in [0.15, 0.2) is 5.69 Å². The summed E-state index contributed by atoms with van der Waals surface area (Å²) in [5.41, 5.74) is 6.23. The summed E-state index contributed by atoms with van der Waals surface area (Å²) >= 11 is 0. The molecule has 1 heterocycles. The Morgan fingerprint density at radius 3 is 2.51 bits per heavy atom. The van der Waals surface area contributed by atoms with Crippen molar-refractivity contribution in [3.63, 3.8) is 0 Å². The van der Waals surface area contributed by atoms with Crippen molar-refractivity contribution in [1.29, 1.82) is 0 Å². The van der Waals surface area contributed by atoms with Crippen molar-refractivity contribution in [2.24, 2.45) is 5.92 Å². The maximum absolute atomic E-state index is 13.5. The summed E-state index contributed by atoms with van der Waals surface area (Å²) in [5, 5.41) is 11.4. The number of amides is 1. The van der Waals surface area contributed by atoms with Gasteiger partial charge in [-0.25, -0.2) is 9.53 Å². The van der Waals surface area contributed by atoms with Crippen LogP contribution in [0.1, 0.15) is 51.8 Å². The fourth-order valence-electron chi connectivity index (χ4n) is 5.10. The van der Waals surface area contributed by atoms with Crippen LogP contribution in [0.5, 0.6) is 5.75 Å². The maximum Gasteiger partial charge on any atom is 0.274 e. The summed E-state index contributed by atoms with van der Waals surface area (Å²) < 4.78 is 7.72. The van der Waals surface area contributed by atoms with Gasteiger partial charge in [0.25, 0.3) is 5.91 Å². The van der Waals surface area contributed by atoms with Crippen molar-refractivity contribution in [2.75, 3.05) is 11.9 Å². The van der Waals surface area contributed by atoms with Crippen LogP contribution in [0.3, 0.4) is 0 Å². The molecular formula is C36H33N5O2. The van der Waals surface area contributed by atoms with Crippen molar-refractivity contribution in [1.82, 2.24) is 15.1 Å². The van der Waals surface area contributed by atoms with Gasteiger partial charge in [0, 0.05) is 5.69 Å². The van der Waals surface area contributed by atoms with Crippen molar-refractivity contribution in [3.05, 3.63) is 149 Å². The van der Waals surface area contributed by atoms with E-state index in [-0.39, 0.29) is 11.9 Å². The minimum Gasteiger partial charge on any atom is -0.489 e. The number of benzene rings is 4. The molecular weight excluding hydrogens is 534 g/mol. The molecule has 1 atom stereocenters. The molecule has 5 aromatic rings. The van der Waals surface area contributed by atoms with Crippen LogP contribution in [-0.4, -0.2) is 22.2 Å². The largest absolute Gasteiger partial charge is 0.489 e. The van der Waals surface area contributed by atoms with Crippen molar-refractivity contribution in [2.45, 2.75) is 32.4 Å². The number of hydrogen-bond acceptors (Lipinski definition) is 4. The number of carbonyl (C=O) groups is 1. The summed E-state index contributed by atoms with van der Waals surface area (Å²) in [6, 6.07) is 35.1. The lowest BCUT2D eigenvalue weighted by Crippen LogP contribution is -2.25. The highest BCUT2D eigenvalue weighted by Gasteiger charge is 2.24. The van der Waals surface area contributed by atoms with Gasteiger partial charge in [0.05, 0.1) is 24.0 Å². The van der Waals surface area contributed by atoms with E-state index in [9.17, 15) is 4.79 Å². The Balaban J connectivity index is 1.24. The number of nitrogens with zero attached hydrogens (tertiary/aromatic N) is 3. The Hall–Kier alpha value is -5.19. The topological polar surface area (TPSA) is 72.5 Å². The van der Waals surface area contributed by atoms with Crippen LogP contribution in [0, 0.1) is 19.4 Å². The standard InChI is InChI=1S/C36H33N5O2/c1-25-19-34(41(40-25)32-15-8-13-30(22-32)37-2)36(42)39-31-14-6-11-28(20-31)35(38-23-26-17-18-26)29-12-7-16-33(21-29)43-24-27-9-4-3-5-10-27/h3-16,19-22,26,35,38H,17-18,23-24H2,1H3,(H,39,42). The highest BCUT2D eigenvalue weighted by molar-refractivity contribution is 6.03. The molecule has 4 aromatic carbocycles. The SMILES string of the molecule is [C-]#[N+]c1cccc(-n2nc(C)cc2C(=O)Nc2cccc(C(NCC3CC3)c3cccc(OCc4ccccc4)c3)c2)c1. The molecule has 7 nitrogen and oxygen atoms in total. The van der Waals surface area contributed by atoms with E-state index in [4.69, 9.17) is 11.3 Å². The van der Waals surface area contributed by atoms with Crippen LogP contribution in [0.2, 0.25) is 0 Å². The maximum atomic E-state index is 13.5. The van der Waals surface area contributed by atoms with E-state index in [0.29, 0.717) is 41.0 Å². The Bertz CT molecular complexity index is 1770. The molecule has 6 rings (SSSR count). The quantitative estimate of drug-likeness (QED) is 0.161. The van der Waals surface area contributed by atoms with Crippen molar-refractivity contribution in [3.8, 4) is 11.4 Å². The molecule has 1 amide bonds. The lowest BCUT2D eigenvalue weighted by atomic mass is 9.97. The zero-order chi connectivity index (χ0) is 29.6. The third-order valence-corrected chi connectivity index (χ3v) is 7.49. The summed E-state index contributed by atoms with van der Waals surface area (Å²) in [6.07, 6.45) is 2.50. The molecule has 1 unspecified atom stereocenters. The molecule has 0 spiro atoms. The average molecular weight is 568 g/mol. The third-order valence-electron chi connectivity index (χ3n) is 7.49. The van der Waals surface area contributed by atoms with E-state index in [0.717, 1.165) is 29.0 Å². The normalized spacial score (nSPS) is 13.2. The number of aromatic nitrogens is 2. The van der Waals surface area contributed by atoms with Crippen LogP contribution >= 0.6 is 0 Å². The molecule has 43 heavy (non-hydrogen) atoms. The zero-order valence-corrected chi connectivity index (χ0v) is 24.0. The van der Waals surface area contributed by atoms with E-state index >= 15 is 0 Å². The molecule has 1 aromatic heterocycles. The average Bonchev–Trinajstić information content (AvgIpc) is 3.79. The Morgan fingerprint density at radius 2 is 1.72 bits per heavy atom. The zero-order valence-electron chi connectivity index (χ0n) is 24.0. The molecule has 0 bridgehead atoms. The number of rotatable bonds is 11. The van der Waals surface area contributed by atoms with E-state index in [2.05, 4.69) is 50.9 Å². The van der Waals surface area contributed by atoms with Gasteiger partial charge < -0.3 is 15.4 Å². The molecule has 1 aliphatic rings. The Kier molecular flexibility index (Phi) is 8.30. The molecule has 0 saturated heterocycles. The van der Waals surface area contributed by atoms with Crippen LogP contribution in [0.25, 0.3) is 10.5 Å². The highest BCUT2D eigenvalue weighted by Crippen LogP contribution is 2.32. The first-order valence-corrected chi connectivity index (χ1v) is 14.5. The number of nitrogens with one attached hydrogen (secondary N) is 2. The monoisotopic (exact) mass is 567 g/mol. The predicted octanol–water partition coefficient (Wildman–Crippen LogP) is 7.65. The van der Waals surface area contributed by atoms with Gasteiger partial charge in [0.1, 0.15) is 18.1 Å². The predicted molar refractivity (Wildman–Crippen MR) is 169 cm³/mol. The second kappa shape index (κ2) is 12.8. The first-order valence-electron chi connectivity index (χ1n) is 14.5. The number of carbonyl (C=O) groups excluding carboxylic acids is 1. The fourth-order valence-corrected chi connectivity index (χ4v) is 5.10. The van der Waals surface area contributed by atoms with Gasteiger partial charge in [-0.05, 0) is 91.4 Å². The van der Waals surface area contributed by atoms with Gasteiger partial charge >= 0.3 is 0 Å². The first-order chi connectivity index (χ1) is 21.1. The third kappa shape index (κ3) is 7.00. The molecule has 0 radical (unpaired) electrons. The molecule has 7 heteroatoms. The van der Waals surface area contributed by atoms with Gasteiger partial charge in [-0.15, -0.1) is 0 Å². The minimum absolute atomic E-state index is 0.0677. The molecule has 1 fully saturated rings. The molecule has 1 saturated carbocycles. The summed E-state index contributed by atoms with van der Waals surface area (Å²) in [4.78, 5) is 17.0. The van der Waals surface area contributed by atoms with E-state index in [1.807, 2.05) is 61.5 Å². The van der Waals surface area contributed by atoms with Crippen molar-refractivity contribution >= 4 is 17.3 Å². The molecule has 1 aliphatic carbocycles. The number of hydrogen-bond donors (Lipinski definition) is 2. The van der Waals surface area contributed by atoms with E-state index in [1.54, 1.807) is 28.9 Å². The molecule has 0 aliphatic heterocycles. The summed E-state index contributed by atoms with van der Waals surface area (Å²) in [7, 11) is 0. The second-order valence-electron chi connectivity index (χ2n) is 10.9. The van der Waals surface area contributed by atoms with Gasteiger partial charge in [-0.1, -0.05) is 66.7 Å². The smallest absolute Gasteiger partial charge is 0.274 e. The first kappa shape index (κ1) is 28.0. The summed E-state index contributed by atoms with van der Waals surface area (Å²) in [6.45, 7) is 10.6. The van der Waals surface area contributed by atoms with Crippen LogP contribution in [0.4, 0.5) is 11.4 Å². The lowest BCUT2D eigenvalue weighted by Gasteiger charge is -2.21. The fraction of sp³-hybridized carbons (Fsp3) is 0.194. The van der Waals surface area contributed by atoms with E-state index < -0.39 is 0 Å². The van der Waals surface area contributed by atoms with Gasteiger partial charge in [-0.2, -0.15) is 5.10 Å². The number of ether oxygens (including phenoxy) is 1. The number of anilines is 1. The highest BCUT2D eigenvalue weighted by atomic mass is 16.5. The van der Waals surface area contributed by atoms with Gasteiger partial charge in [-0.3, -0.25) is 4.79 Å². The van der Waals surface area contributed by atoms with Gasteiger partial charge in [0.2, 0.25) is 0 Å². The lowest BCUT2D eigenvalue weighted by molar-refractivity contribution is 0.101. The number of aryl methyl sites for hydroxylation is 1. The minimum atomic E-state index is -0.273. The Morgan fingerprint density at radius 1 is 0.953 bits per heavy atom. The Labute approximate surface area is 252 Å². The van der Waals surface area contributed by atoms with Crippen LogP contribution < -0.4 is 15.4 Å². The van der Waals surface area contributed by atoms with E-state index in [1.165, 1.54) is 12.8 Å². The van der Waals surface area contributed by atoms with Crippen LogP contribution in [0.15, 0.2) is 109 Å². The van der Waals surface area contributed by atoms with Crippen molar-refractivity contribution < 1.29 is 9.53 Å². The molecule has 2 N–H and O–H groups in total. The molecule has 214 valence electrons.